The molecule has 0 aromatic heterocycles. The quantitative estimate of drug-likeness (QED) is 0.614. The first kappa shape index (κ1) is 15.9. The predicted octanol–water partition coefficient (Wildman–Crippen LogP) is -0.809. The minimum Gasteiger partial charge on any atom is -0.380 e. The Balaban J connectivity index is 4.17. The van der Waals surface area contributed by atoms with Crippen molar-refractivity contribution >= 4 is 11.8 Å². The molecule has 100 valence electrons. The van der Waals surface area contributed by atoms with Crippen molar-refractivity contribution < 1.29 is 14.3 Å². The molecule has 0 aromatic carbocycles. The highest BCUT2D eigenvalue weighted by atomic mass is 16.5. The molecule has 2 atom stereocenters. The molecular weight excluding hydrogens is 222 g/mol. The van der Waals surface area contributed by atoms with Crippen LogP contribution in [-0.2, 0) is 14.3 Å². The summed E-state index contributed by atoms with van der Waals surface area (Å²) in [7, 11) is 4.78. The summed E-state index contributed by atoms with van der Waals surface area (Å²) < 4.78 is 5.04. The summed E-state index contributed by atoms with van der Waals surface area (Å²) in [5.41, 5.74) is 5.44. The second-order valence-electron chi connectivity index (χ2n) is 4.09. The molecule has 0 spiro atoms. The van der Waals surface area contributed by atoms with Crippen molar-refractivity contribution in [3.8, 4) is 0 Å². The van der Waals surface area contributed by atoms with Crippen LogP contribution >= 0.6 is 0 Å². The third-order valence-electron chi connectivity index (χ3n) is 2.67. The first-order valence-electron chi connectivity index (χ1n) is 5.64. The largest absolute Gasteiger partial charge is 0.380 e. The molecule has 3 N–H and O–H groups in total. The van der Waals surface area contributed by atoms with E-state index >= 15 is 0 Å². The van der Waals surface area contributed by atoms with Crippen molar-refractivity contribution in [2.45, 2.75) is 19.4 Å². The lowest BCUT2D eigenvalue weighted by atomic mass is 10.1. The molecular formula is C11H23N3O3. The molecule has 0 aliphatic heterocycles. The zero-order valence-electron chi connectivity index (χ0n) is 11.0. The van der Waals surface area contributed by atoms with Gasteiger partial charge in [-0.25, -0.2) is 0 Å². The summed E-state index contributed by atoms with van der Waals surface area (Å²) in [5, 5.41) is 2.55. The smallest absolute Gasteiger partial charge is 0.224 e. The van der Waals surface area contributed by atoms with Gasteiger partial charge in [0, 0.05) is 34.3 Å². The van der Waals surface area contributed by atoms with E-state index in [0.29, 0.717) is 13.1 Å². The Hall–Kier alpha value is -1.14. The topological polar surface area (TPSA) is 84.7 Å². The van der Waals surface area contributed by atoms with E-state index in [2.05, 4.69) is 5.32 Å². The summed E-state index contributed by atoms with van der Waals surface area (Å²) in [4.78, 5) is 24.6. The maximum absolute atomic E-state index is 11.8. The number of carbonyl (C=O) groups is 2. The van der Waals surface area contributed by atoms with Crippen LogP contribution in [-0.4, -0.2) is 57.1 Å². The molecule has 6 nitrogen and oxygen atoms in total. The third kappa shape index (κ3) is 5.65. The van der Waals surface area contributed by atoms with Gasteiger partial charge in [0.2, 0.25) is 11.8 Å². The van der Waals surface area contributed by atoms with Gasteiger partial charge in [0.05, 0.1) is 18.4 Å². The van der Waals surface area contributed by atoms with Crippen LogP contribution in [0.1, 0.15) is 13.3 Å². The molecule has 2 amide bonds. The Morgan fingerprint density at radius 2 is 2.06 bits per heavy atom. The first-order chi connectivity index (χ1) is 7.96. The number of carbonyl (C=O) groups excluding carboxylic acids is 2. The number of hydrogen-bond donors (Lipinski definition) is 2. The highest BCUT2D eigenvalue weighted by molar-refractivity contribution is 5.80. The van der Waals surface area contributed by atoms with Crippen molar-refractivity contribution in [3.63, 3.8) is 0 Å². The van der Waals surface area contributed by atoms with Gasteiger partial charge in [-0.15, -0.1) is 0 Å². The Bertz CT molecular complexity index is 254. The minimum atomic E-state index is -0.264. The average molecular weight is 245 g/mol. The van der Waals surface area contributed by atoms with E-state index in [9.17, 15) is 9.59 Å². The van der Waals surface area contributed by atoms with Gasteiger partial charge in [0.1, 0.15) is 0 Å². The number of ether oxygens (including phenoxy) is 1. The van der Waals surface area contributed by atoms with Crippen molar-refractivity contribution in [3.05, 3.63) is 0 Å². The lowest BCUT2D eigenvalue weighted by molar-refractivity contribution is -0.134. The fourth-order valence-electron chi connectivity index (χ4n) is 1.46. The summed E-state index contributed by atoms with van der Waals surface area (Å²) in [6, 6.07) is 0. The van der Waals surface area contributed by atoms with Gasteiger partial charge in [0.25, 0.3) is 0 Å². The maximum atomic E-state index is 11.8. The monoisotopic (exact) mass is 245 g/mol. The Morgan fingerprint density at radius 3 is 2.47 bits per heavy atom. The summed E-state index contributed by atoms with van der Waals surface area (Å²) in [6.07, 6.45) is -0.0236. The SMILES string of the molecule is CNC(=O)C(C)CN(C)C(=O)CC(CN)OC. The molecule has 0 aromatic rings. The molecule has 0 aliphatic rings. The van der Waals surface area contributed by atoms with Gasteiger partial charge in [-0.1, -0.05) is 6.92 Å². The van der Waals surface area contributed by atoms with E-state index < -0.39 is 0 Å². The average Bonchev–Trinajstić information content (AvgIpc) is 2.34. The second-order valence-corrected chi connectivity index (χ2v) is 4.09. The van der Waals surface area contributed by atoms with E-state index in [-0.39, 0.29) is 30.3 Å². The normalized spacial score (nSPS) is 13.9. The van der Waals surface area contributed by atoms with E-state index in [1.165, 1.54) is 12.0 Å². The fraction of sp³-hybridized carbons (Fsp3) is 0.818. The van der Waals surface area contributed by atoms with Gasteiger partial charge in [-0.2, -0.15) is 0 Å². The molecule has 0 heterocycles. The zero-order valence-corrected chi connectivity index (χ0v) is 11.0. The number of nitrogens with one attached hydrogen (secondary N) is 1. The number of nitrogens with two attached hydrogens (primary N) is 1. The van der Waals surface area contributed by atoms with Crippen LogP contribution in [0.15, 0.2) is 0 Å². The molecule has 0 fully saturated rings. The second kappa shape index (κ2) is 8.03. The molecule has 0 saturated heterocycles. The van der Waals surface area contributed by atoms with E-state index in [0.717, 1.165) is 0 Å². The number of nitrogens with zero attached hydrogens (tertiary/aromatic N) is 1. The van der Waals surface area contributed by atoms with Crippen LogP contribution in [0.4, 0.5) is 0 Å². The lowest BCUT2D eigenvalue weighted by Gasteiger charge is -2.22. The Labute approximate surface area is 102 Å². The number of methoxy groups -OCH3 is 1. The first-order valence-corrected chi connectivity index (χ1v) is 5.64. The van der Waals surface area contributed by atoms with Crippen molar-refractivity contribution in [2.24, 2.45) is 11.7 Å². The molecule has 0 aliphatic carbocycles. The van der Waals surface area contributed by atoms with Crippen molar-refractivity contribution in [1.29, 1.82) is 0 Å². The molecule has 0 radical (unpaired) electrons. The standard InChI is InChI=1S/C11H23N3O3/c1-8(11(16)13-2)7-14(3)10(15)5-9(6-12)17-4/h8-9H,5-7,12H2,1-4H3,(H,13,16). The zero-order chi connectivity index (χ0) is 13.4. The van der Waals surface area contributed by atoms with Gasteiger partial charge < -0.3 is 20.7 Å². The Morgan fingerprint density at radius 1 is 1.47 bits per heavy atom. The van der Waals surface area contributed by atoms with Gasteiger partial charge in [0.15, 0.2) is 0 Å². The Kier molecular flexibility index (Phi) is 7.49. The molecule has 0 bridgehead atoms. The van der Waals surface area contributed by atoms with E-state index in [1.54, 1.807) is 21.0 Å². The van der Waals surface area contributed by atoms with Gasteiger partial charge in [-0.3, -0.25) is 9.59 Å². The fourth-order valence-corrected chi connectivity index (χ4v) is 1.46. The summed E-state index contributed by atoms with van der Waals surface area (Å²) in [6.45, 7) is 2.47. The van der Waals surface area contributed by atoms with E-state index in [1.807, 2.05) is 0 Å². The van der Waals surface area contributed by atoms with Crippen LogP contribution in [0.3, 0.4) is 0 Å². The number of amides is 2. The van der Waals surface area contributed by atoms with Crippen LogP contribution in [0.2, 0.25) is 0 Å². The van der Waals surface area contributed by atoms with Gasteiger partial charge >= 0.3 is 0 Å². The van der Waals surface area contributed by atoms with Crippen molar-refractivity contribution in [1.82, 2.24) is 10.2 Å². The molecule has 0 rings (SSSR count). The molecule has 0 saturated carbocycles. The van der Waals surface area contributed by atoms with Gasteiger partial charge in [-0.05, 0) is 0 Å². The van der Waals surface area contributed by atoms with E-state index in [4.69, 9.17) is 10.5 Å². The lowest BCUT2D eigenvalue weighted by Crippen LogP contribution is -2.39. The highest BCUT2D eigenvalue weighted by Crippen LogP contribution is 2.03. The number of hydrogen-bond acceptors (Lipinski definition) is 4. The minimum absolute atomic E-state index is 0.0712. The van der Waals surface area contributed by atoms with Crippen LogP contribution < -0.4 is 11.1 Å². The number of rotatable bonds is 7. The molecule has 6 heteroatoms. The predicted molar refractivity (Wildman–Crippen MR) is 65.3 cm³/mol. The van der Waals surface area contributed by atoms with Crippen LogP contribution in [0, 0.1) is 5.92 Å². The van der Waals surface area contributed by atoms with Crippen molar-refractivity contribution in [2.75, 3.05) is 34.3 Å². The highest BCUT2D eigenvalue weighted by Gasteiger charge is 2.19. The molecule has 2 unspecified atom stereocenters. The summed E-state index contributed by atoms with van der Waals surface area (Å²) >= 11 is 0. The third-order valence-corrected chi connectivity index (χ3v) is 2.67. The van der Waals surface area contributed by atoms with Crippen LogP contribution in [0.25, 0.3) is 0 Å². The summed E-state index contributed by atoms with van der Waals surface area (Å²) in [5.74, 6) is -0.377. The van der Waals surface area contributed by atoms with Crippen LogP contribution in [0.5, 0.6) is 0 Å². The maximum Gasteiger partial charge on any atom is 0.224 e. The molecule has 17 heavy (non-hydrogen) atoms.